The van der Waals surface area contributed by atoms with Gasteiger partial charge in [0.05, 0.1) is 11.2 Å². The number of para-hydroxylation sites is 1. The highest BCUT2D eigenvalue weighted by molar-refractivity contribution is 5.93. The van der Waals surface area contributed by atoms with Crippen LogP contribution in [0.1, 0.15) is 58.3 Å². The Morgan fingerprint density at radius 1 is 1.12 bits per heavy atom. The van der Waals surface area contributed by atoms with E-state index in [0.717, 1.165) is 50.6 Å². The summed E-state index contributed by atoms with van der Waals surface area (Å²) in [5, 5.41) is 3.20. The molecule has 32 heavy (non-hydrogen) atoms. The van der Waals surface area contributed by atoms with Crippen LogP contribution in [0.3, 0.4) is 0 Å². The van der Waals surface area contributed by atoms with Gasteiger partial charge < -0.3 is 15.0 Å². The molecule has 1 aromatic carbocycles. The Kier molecular flexibility index (Phi) is 4.55. The van der Waals surface area contributed by atoms with Gasteiger partial charge in [0.15, 0.2) is 0 Å². The number of fused-ring (bicyclic) bond motifs is 1. The largest absolute Gasteiger partial charge is 0.359 e. The number of nitrogens with one attached hydrogen (secondary N) is 1. The lowest BCUT2D eigenvalue weighted by Crippen LogP contribution is -2.55. The monoisotopic (exact) mass is 432 g/mol. The minimum absolute atomic E-state index is 0.0336. The van der Waals surface area contributed by atoms with Crippen LogP contribution in [0.15, 0.2) is 53.6 Å². The van der Waals surface area contributed by atoms with Crippen molar-refractivity contribution >= 4 is 11.6 Å². The molecule has 170 valence electrons. The van der Waals surface area contributed by atoms with Gasteiger partial charge in [0, 0.05) is 17.6 Å². The number of carbonyl (C=O) groups excluding carboxylic acids is 1. The fourth-order valence-corrected chi connectivity index (χ4v) is 8.00. The van der Waals surface area contributed by atoms with Crippen LogP contribution >= 0.6 is 0 Å². The van der Waals surface area contributed by atoms with Crippen LogP contribution < -0.4 is 5.32 Å². The molecule has 1 saturated heterocycles. The molecule has 2 aliphatic heterocycles. The molecule has 6 rings (SSSR count). The number of amides is 1. The molecule has 5 aliphatic rings. The molecule has 2 heterocycles. The quantitative estimate of drug-likeness (QED) is 0.702. The highest BCUT2D eigenvalue weighted by Crippen LogP contribution is 2.67. The van der Waals surface area contributed by atoms with Gasteiger partial charge in [-0.2, -0.15) is 0 Å². The smallest absolute Gasteiger partial charge is 0.228 e. The van der Waals surface area contributed by atoms with Crippen molar-refractivity contribution in [1.82, 2.24) is 4.90 Å². The molecule has 3 fully saturated rings. The first kappa shape index (κ1) is 20.7. The summed E-state index contributed by atoms with van der Waals surface area (Å²) in [7, 11) is 4.42. The number of nitrogens with zero attached hydrogens (tertiary/aromatic N) is 1. The van der Waals surface area contributed by atoms with Gasteiger partial charge in [-0.25, -0.2) is 0 Å². The molecule has 1 N–H and O–H groups in total. The first-order valence-electron chi connectivity index (χ1n) is 12.5. The summed E-state index contributed by atoms with van der Waals surface area (Å²) in [6, 6.07) is 10.5. The predicted octanol–water partition coefficient (Wildman–Crippen LogP) is 5.33. The van der Waals surface area contributed by atoms with Crippen molar-refractivity contribution in [2.75, 3.05) is 19.4 Å². The van der Waals surface area contributed by atoms with E-state index in [1.165, 1.54) is 17.6 Å². The number of rotatable bonds is 3. The van der Waals surface area contributed by atoms with Crippen LogP contribution in [0, 0.1) is 17.3 Å². The average molecular weight is 433 g/mol. The Labute approximate surface area is 192 Å². The van der Waals surface area contributed by atoms with Gasteiger partial charge in [-0.1, -0.05) is 37.3 Å². The van der Waals surface area contributed by atoms with Gasteiger partial charge in [0.1, 0.15) is 0 Å². The average Bonchev–Trinajstić information content (AvgIpc) is 3.29. The number of ether oxygens (including phenoxy) is 1. The number of hydrogen-bond acceptors (Lipinski definition) is 3. The Hall–Kier alpha value is -1.91. The van der Waals surface area contributed by atoms with E-state index in [1.54, 1.807) is 0 Å². The molecule has 2 saturated carbocycles. The number of benzene rings is 1. The number of hydrogen-bond donors (Lipinski definition) is 1. The van der Waals surface area contributed by atoms with E-state index in [1.807, 2.05) is 30.3 Å². The number of allylic oxidation sites excluding steroid dienone is 1. The maximum absolute atomic E-state index is 13.4. The summed E-state index contributed by atoms with van der Waals surface area (Å²) in [5.74, 6) is 0.629. The lowest BCUT2D eigenvalue weighted by molar-refractivity contribution is -0.146. The molecule has 0 aromatic heterocycles. The highest BCUT2D eigenvalue weighted by Gasteiger charge is 2.67. The van der Waals surface area contributed by atoms with Gasteiger partial charge in [0.25, 0.3) is 0 Å². The summed E-state index contributed by atoms with van der Waals surface area (Å²) < 4.78 is 7.29. The van der Waals surface area contributed by atoms with E-state index >= 15 is 0 Å². The first-order valence-corrected chi connectivity index (χ1v) is 12.5. The van der Waals surface area contributed by atoms with Crippen molar-refractivity contribution in [3.63, 3.8) is 0 Å². The minimum atomic E-state index is -0.188. The zero-order valence-corrected chi connectivity index (χ0v) is 19.7. The van der Waals surface area contributed by atoms with E-state index in [-0.39, 0.29) is 28.4 Å². The first-order chi connectivity index (χ1) is 15.4. The lowest BCUT2D eigenvalue weighted by Gasteiger charge is -2.54. The van der Waals surface area contributed by atoms with Crippen molar-refractivity contribution in [2.24, 2.45) is 17.3 Å². The zero-order valence-electron chi connectivity index (χ0n) is 19.7. The van der Waals surface area contributed by atoms with Crippen LogP contribution in [-0.2, 0) is 9.53 Å². The fraction of sp³-hybridized carbons (Fsp3) is 0.607. The molecule has 1 aromatic rings. The van der Waals surface area contributed by atoms with Crippen molar-refractivity contribution in [3.8, 4) is 0 Å². The summed E-state index contributed by atoms with van der Waals surface area (Å²) in [5.41, 5.74) is 3.55. The van der Waals surface area contributed by atoms with E-state index < -0.39 is 0 Å². The summed E-state index contributed by atoms with van der Waals surface area (Å²) in [6.45, 7) is 2.36. The lowest BCUT2D eigenvalue weighted by atomic mass is 9.58. The molecule has 2 bridgehead atoms. The standard InChI is InChI=1S/C28H36N2O2/c1-26-14-13-20-17-19-9-10-22(30(2)3)18-27(19)15-16-28(20,32-27)24(26)12-11-23(26)25(31)29-21-7-5-4-6-8-21/h4-8,13,17,22-24H,9-12,14-16,18H2,1-3H3,(H,29,31)/t22-,23-,24-,26-,27-,28-/m1/s1. The van der Waals surface area contributed by atoms with E-state index in [9.17, 15) is 4.79 Å². The third-order valence-electron chi connectivity index (χ3n) is 9.74. The zero-order chi connectivity index (χ0) is 22.1. The molecule has 4 heteroatoms. The third-order valence-corrected chi connectivity index (χ3v) is 9.74. The molecule has 2 spiro atoms. The summed E-state index contributed by atoms with van der Waals surface area (Å²) in [4.78, 5) is 15.8. The topological polar surface area (TPSA) is 41.6 Å². The second kappa shape index (κ2) is 7.04. The van der Waals surface area contributed by atoms with Crippen LogP contribution in [0.4, 0.5) is 5.69 Å². The molecule has 4 nitrogen and oxygen atoms in total. The van der Waals surface area contributed by atoms with E-state index in [4.69, 9.17) is 4.74 Å². The Bertz CT molecular complexity index is 998. The SMILES string of the molecule is CN(C)[C@@H]1CCC2=CC3=CC[C@]4(C)[C@@H](C(=O)Nc5ccccc5)CC[C@H]4[C@@]34CC[C@]2(C1)O4. The molecule has 0 radical (unpaired) electrons. The fourth-order valence-electron chi connectivity index (χ4n) is 8.00. The Balaban J connectivity index is 1.31. The van der Waals surface area contributed by atoms with Crippen LogP contribution in [-0.4, -0.2) is 42.1 Å². The second-order valence-electron chi connectivity index (χ2n) is 11.4. The van der Waals surface area contributed by atoms with Crippen LogP contribution in [0.5, 0.6) is 0 Å². The van der Waals surface area contributed by atoms with Crippen LogP contribution in [0.25, 0.3) is 0 Å². The molecular weight excluding hydrogens is 396 g/mol. The maximum Gasteiger partial charge on any atom is 0.228 e. The summed E-state index contributed by atoms with van der Waals surface area (Å²) >= 11 is 0. The van der Waals surface area contributed by atoms with Crippen molar-refractivity contribution in [1.29, 1.82) is 0 Å². The van der Waals surface area contributed by atoms with E-state index in [2.05, 4.69) is 43.4 Å². The van der Waals surface area contributed by atoms with Crippen molar-refractivity contribution < 1.29 is 9.53 Å². The van der Waals surface area contributed by atoms with Crippen LogP contribution in [0.2, 0.25) is 0 Å². The predicted molar refractivity (Wildman–Crippen MR) is 127 cm³/mol. The Morgan fingerprint density at radius 3 is 2.72 bits per heavy atom. The molecule has 3 aliphatic carbocycles. The normalized spacial score (nSPS) is 41.9. The Morgan fingerprint density at radius 2 is 1.94 bits per heavy atom. The minimum Gasteiger partial charge on any atom is -0.359 e. The third kappa shape index (κ3) is 2.78. The molecule has 6 atom stereocenters. The van der Waals surface area contributed by atoms with Crippen molar-refractivity contribution in [3.05, 3.63) is 53.6 Å². The molecule has 0 unspecified atom stereocenters. The van der Waals surface area contributed by atoms with Gasteiger partial charge in [-0.05, 0) is 100 Å². The van der Waals surface area contributed by atoms with Gasteiger partial charge in [-0.3, -0.25) is 4.79 Å². The van der Waals surface area contributed by atoms with Gasteiger partial charge >= 0.3 is 0 Å². The number of carbonyl (C=O) groups is 1. The number of anilines is 1. The van der Waals surface area contributed by atoms with E-state index in [0.29, 0.717) is 12.0 Å². The summed E-state index contributed by atoms with van der Waals surface area (Å²) in [6.07, 6.45) is 13.7. The highest BCUT2D eigenvalue weighted by atomic mass is 16.5. The second-order valence-corrected chi connectivity index (χ2v) is 11.4. The maximum atomic E-state index is 13.4. The van der Waals surface area contributed by atoms with Crippen molar-refractivity contribution in [2.45, 2.75) is 75.5 Å². The van der Waals surface area contributed by atoms with Gasteiger partial charge in [0.2, 0.25) is 5.91 Å². The van der Waals surface area contributed by atoms with Gasteiger partial charge in [-0.15, -0.1) is 0 Å². The molecule has 1 amide bonds. The molecular formula is C28H36N2O2.